The number of pyridine rings is 1. The highest BCUT2D eigenvalue weighted by molar-refractivity contribution is 9.08. The SMILES string of the molecule is Cc1nc(CBr)c(C#N)cc1C(F)F. The third-order valence-electron chi connectivity index (χ3n) is 1.81. The van der Waals surface area contributed by atoms with Gasteiger partial charge in [0.15, 0.2) is 0 Å². The molecule has 0 aromatic carbocycles. The number of aromatic nitrogens is 1. The van der Waals surface area contributed by atoms with Gasteiger partial charge in [-0.25, -0.2) is 8.78 Å². The maximum absolute atomic E-state index is 12.4. The van der Waals surface area contributed by atoms with E-state index in [0.29, 0.717) is 11.0 Å². The van der Waals surface area contributed by atoms with Gasteiger partial charge in [0, 0.05) is 16.6 Å². The van der Waals surface area contributed by atoms with Crippen molar-refractivity contribution < 1.29 is 8.78 Å². The Bertz CT molecular complexity index is 385. The predicted octanol–water partition coefficient (Wildman–Crippen LogP) is 3.09. The number of nitriles is 1. The average Bonchev–Trinajstić information content (AvgIpc) is 2.16. The van der Waals surface area contributed by atoms with Gasteiger partial charge >= 0.3 is 0 Å². The molecule has 0 atom stereocenters. The number of halogens is 3. The van der Waals surface area contributed by atoms with Gasteiger partial charge in [-0.15, -0.1) is 0 Å². The molecule has 1 heterocycles. The number of aryl methyl sites for hydroxylation is 1. The number of hydrogen-bond donors (Lipinski definition) is 0. The van der Waals surface area contributed by atoms with Crippen LogP contribution in [0.15, 0.2) is 6.07 Å². The lowest BCUT2D eigenvalue weighted by atomic mass is 10.1. The summed E-state index contributed by atoms with van der Waals surface area (Å²) in [5, 5.41) is 9.08. The summed E-state index contributed by atoms with van der Waals surface area (Å²) in [5.41, 5.74) is 0.789. The summed E-state index contributed by atoms with van der Waals surface area (Å²) in [6.45, 7) is 1.51. The molecule has 0 fully saturated rings. The van der Waals surface area contributed by atoms with Crippen LogP contribution in [0.5, 0.6) is 0 Å². The smallest absolute Gasteiger partial charge is 0.255 e. The fourth-order valence-electron chi connectivity index (χ4n) is 1.09. The van der Waals surface area contributed by atoms with E-state index < -0.39 is 6.43 Å². The molecule has 0 aliphatic heterocycles. The second kappa shape index (κ2) is 4.47. The van der Waals surface area contributed by atoms with Crippen LogP contribution < -0.4 is 0 Å². The fourth-order valence-corrected chi connectivity index (χ4v) is 1.52. The van der Waals surface area contributed by atoms with Crippen molar-refractivity contribution in [3.8, 4) is 6.07 Å². The predicted molar refractivity (Wildman–Crippen MR) is 51.3 cm³/mol. The number of hydrogen-bond acceptors (Lipinski definition) is 2. The van der Waals surface area contributed by atoms with Crippen molar-refractivity contribution in [2.24, 2.45) is 0 Å². The zero-order valence-electron chi connectivity index (χ0n) is 7.39. The van der Waals surface area contributed by atoms with Crippen molar-refractivity contribution in [2.45, 2.75) is 18.7 Å². The lowest BCUT2D eigenvalue weighted by Crippen LogP contribution is -2.00. The van der Waals surface area contributed by atoms with E-state index in [4.69, 9.17) is 5.26 Å². The van der Waals surface area contributed by atoms with Crippen LogP contribution in [0.1, 0.15) is 28.9 Å². The van der Waals surface area contributed by atoms with Crippen molar-refractivity contribution >= 4 is 15.9 Å². The Balaban J connectivity index is 3.32. The van der Waals surface area contributed by atoms with Crippen LogP contribution in [-0.2, 0) is 5.33 Å². The molecule has 0 saturated heterocycles. The van der Waals surface area contributed by atoms with E-state index in [1.807, 2.05) is 6.07 Å². The van der Waals surface area contributed by atoms with E-state index in [2.05, 4.69) is 20.9 Å². The average molecular weight is 261 g/mol. The maximum atomic E-state index is 12.4. The standard InChI is InChI=1S/C9H7BrF2N2/c1-5-7(9(11)12)2-6(4-13)8(3-10)14-5/h2,9H,3H2,1H3. The normalized spacial score (nSPS) is 10.3. The van der Waals surface area contributed by atoms with Crippen LogP contribution in [-0.4, -0.2) is 4.98 Å². The molecular formula is C9H7BrF2N2. The minimum Gasteiger partial charge on any atom is -0.255 e. The van der Waals surface area contributed by atoms with Gasteiger partial charge < -0.3 is 0 Å². The Hall–Kier alpha value is -1.02. The molecule has 2 nitrogen and oxygen atoms in total. The molecule has 1 aromatic heterocycles. The molecular weight excluding hydrogens is 254 g/mol. The van der Waals surface area contributed by atoms with Crippen molar-refractivity contribution in [3.63, 3.8) is 0 Å². The van der Waals surface area contributed by atoms with Crippen molar-refractivity contribution in [3.05, 3.63) is 28.6 Å². The quantitative estimate of drug-likeness (QED) is 0.767. The van der Waals surface area contributed by atoms with Gasteiger partial charge in [-0.1, -0.05) is 15.9 Å². The molecule has 74 valence electrons. The molecule has 5 heteroatoms. The molecule has 14 heavy (non-hydrogen) atoms. The first-order valence-electron chi connectivity index (χ1n) is 3.84. The highest BCUT2D eigenvalue weighted by Crippen LogP contribution is 2.24. The Labute approximate surface area is 88.7 Å². The second-order valence-corrected chi connectivity index (χ2v) is 3.26. The fraction of sp³-hybridized carbons (Fsp3) is 0.333. The number of alkyl halides is 3. The summed E-state index contributed by atoms with van der Waals surface area (Å²) in [4.78, 5) is 3.93. The van der Waals surface area contributed by atoms with Gasteiger partial charge in [-0.2, -0.15) is 5.26 Å². The van der Waals surface area contributed by atoms with E-state index in [-0.39, 0.29) is 16.8 Å². The second-order valence-electron chi connectivity index (χ2n) is 2.70. The largest absolute Gasteiger partial charge is 0.265 e. The first-order chi connectivity index (χ1) is 6.60. The lowest BCUT2D eigenvalue weighted by Gasteiger charge is -2.07. The lowest BCUT2D eigenvalue weighted by molar-refractivity contribution is 0.150. The van der Waals surface area contributed by atoms with Gasteiger partial charge in [0.2, 0.25) is 0 Å². The zero-order chi connectivity index (χ0) is 10.7. The van der Waals surface area contributed by atoms with Crippen LogP contribution >= 0.6 is 15.9 Å². The monoisotopic (exact) mass is 260 g/mol. The zero-order valence-corrected chi connectivity index (χ0v) is 8.98. The van der Waals surface area contributed by atoms with Crippen LogP contribution in [0, 0.1) is 18.3 Å². The van der Waals surface area contributed by atoms with Gasteiger partial charge in [-0.05, 0) is 13.0 Å². The van der Waals surface area contributed by atoms with Crippen LogP contribution in [0.4, 0.5) is 8.78 Å². The first-order valence-corrected chi connectivity index (χ1v) is 4.97. The molecule has 0 aliphatic rings. The Morgan fingerprint density at radius 1 is 1.64 bits per heavy atom. The van der Waals surface area contributed by atoms with Gasteiger partial charge in [0.05, 0.1) is 11.3 Å². The van der Waals surface area contributed by atoms with Crippen molar-refractivity contribution in [2.75, 3.05) is 0 Å². The number of nitrogens with zero attached hydrogens (tertiary/aromatic N) is 2. The highest BCUT2D eigenvalue weighted by atomic mass is 79.9. The topological polar surface area (TPSA) is 36.7 Å². The van der Waals surface area contributed by atoms with E-state index in [9.17, 15) is 8.78 Å². The minimum atomic E-state index is -2.58. The van der Waals surface area contributed by atoms with Crippen LogP contribution in [0.25, 0.3) is 0 Å². The molecule has 0 saturated carbocycles. The third-order valence-corrected chi connectivity index (χ3v) is 2.34. The maximum Gasteiger partial charge on any atom is 0.265 e. The van der Waals surface area contributed by atoms with Crippen LogP contribution in [0.2, 0.25) is 0 Å². The molecule has 0 unspecified atom stereocenters. The molecule has 1 rings (SSSR count). The van der Waals surface area contributed by atoms with E-state index in [1.165, 1.54) is 13.0 Å². The summed E-state index contributed by atoms with van der Waals surface area (Å²) in [6, 6.07) is 3.04. The van der Waals surface area contributed by atoms with Gasteiger partial charge in [0.1, 0.15) is 6.07 Å². The van der Waals surface area contributed by atoms with E-state index in [1.54, 1.807) is 0 Å². The summed E-state index contributed by atoms with van der Waals surface area (Å²) >= 11 is 3.14. The van der Waals surface area contributed by atoms with Crippen molar-refractivity contribution in [1.29, 1.82) is 5.26 Å². The summed E-state index contributed by atoms with van der Waals surface area (Å²) in [5.74, 6) is 0. The minimum absolute atomic E-state index is 0.175. The van der Waals surface area contributed by atoms with E-state index in [0.717, 1.165) is 0 Å². The number of rotatable bonds is 2. The highest BCUT2D eigenvalue weighted by Gasteiger charge is 2.15. The van der Waals surface area contributed by atoms with Gasteiger partial charge in [0.25, 0.3) is 6.43 Å². The molecule has 0 spiro atoms. The molecule has 0 amide bonds. The van der Waals surface area contributed by atoms with Crippen LogP contribution in [0.3, 0.4) is 0 Å². The Morgan fingerprint density at radius 3 is 2.71 bits per heavy atom. The van der Waals surface area contributed by atoms with Gasteiger partial charge in [-0.3, -0.25) is 4.98 Å². The molecule has 0 N–H and O–H groups in total. The summed E-state index contributed by atoms with van der Waals surface area (Å²) in [6.07, 6.45) is -2.58. The first kappa shape index (κ1) is 11.1. The van der Waals surface area contributed by atoms with Crippen molar-refractivity contribution in [1.82, 2.24) is 4.98 Å². The summed E-state index contributed by atoms with van der Waals surface area (Å²) in [7, 11) is 0. The Kier molecular flexibility index (Phi) is 3.53. The summed E-state index contributed by atoms with van der Waals surface area (Å²) < 4.78 is 24.8. The molecule has 0 bridgehead atoms. The molecule has 0 radical (unpaired) electrons. The Morgan fingerprint density at radius 2 is 2.29 bits per heavy atom. The molecule has 0 aliphatic carbocycles. The third kappa shape index (κ3) is 2.07. The molecule has 1 aromatic rings. The van der Waals surface area contributed by atoms with E-state index >= 15 is 0 Å².